The third-order valence-corrected chi connectivity index (χ3v) is 3.04. The molecule has 0 amide bonds. The molecular formula is C9H16N4. The van der Waals surface area contributed by atoms with Crippen LogP contribution in [0.1, 0.15) is 31.0 Å². The largest absolute Gasteiger partial charge is 0.330 e. The molecule has 1 heterocycles. The van der Waals surface area contributed by atoms with Gasteiger partial charge in [-0.2, -0.15) is 5.10 Å². The van der Waals surface area contributed by atoms with Gasteiger partial charge in [0.25, 0.3) is 0 Å². The van der Waals surface area contributed by atoms with Crippen LogP contribution in [0.5, 0.6) is 0 Å². The first-order chi connectivity index (χ1) is 6.33. The van der Waals surface area contributed by atoms with Gasteiger partial charge in [0.05, 0.1) is 0 Å². The second kappa shape index (κ2) is 3.46. The summed E-state index contributed by atoms with van der Waals surface area (Å²) in [5.41, 5.74) is 5.72. The van der Waals surface area contributed by atoms with Crippen LogP contribution in [0.15, 0.2) is 6.33 Å². The molecule has 0 aromatic carbocycles. The van der Waals surface area contributed by atoms with E-state index in [0.29, 0.717) is 11.8 Å². The second-order valence-electron chi connectivity index (χ2n) is 3.78. The normalized spacial score (nSPS) is 28.2. The van der Waals surface area contributed by atoms with E-state index < -0.39 is 0 Å². The highest BCUT2D eigenvalue weighted by Crippen LogP contribution is 2.37. The van der Waals surface area contributed by atoms with E-state index in [0.717, 1.165) is 12.4 Å². The van der Waals surface area contributed by atoms with Gasteiger partial charge in [0, 0.05) is 13.0 Å². The monoisotopic (exact) mass is 180 g/mol. The summed E-state index contributed by atoms with van der Waals surface area (Å²) in [6.45, 7) is 0.775. The lowest BCUT2D eigenvalue weighted by atomic mass is 9.95. The average molecular weight is 180 g/mol. The summed E-state index contributed by atoms with van der Waals surface area (Å²) in [7, 11) is 1.95. The fourth-order valence-corrected chi connectivity index (χ4v) is 2.30. The maximum atomic E-state index is 5.72. The van der Waals surface area contributed by atoms with E-state index in [2.05, 4.69) is 10.1 Å². The molecule has 0 aliphatic heterocycles. The maximum Gasteiger partial charge on any atom is 0.138 e. The Labute approximate surface area is 78.1 Å². The van der Waals surface area contributed by atoms with E-state index in [4.69, 9.17) is 5.73 Å². The SMILES string of the molecule is Cn1ncnc1C1CCCC1CN. The summed E-state index contributed by atoms with van der Waals surface area (Å²) in [6.07, 6.45) is 5.36. The van der Waals surface area contributed by atoms with E-state index in [-0.39, 0.29) is 0 Å². The Bertz CT molecular complexity index is 281. The summed E-state index contributed by atoms with van der Waals surface area (Å²) in [4.78, 5) is 4.29. The van der Waals surface area contributed by atoms with Crippen LogP contribution in [0, 0.1) is 5.92 Å². The minimum Gasteiger partial charge on any atom is -0.330 e. The van der Waals surface area contributed by atoms with Gasteiger partial charge in [-0.3, -0.25) is 4.68 Å². The molecule has 0 saturated heterocycles. The highest BCUT2D eigenvalue weighted by Gasteiger charge is 2.30. The molecule has 2 unspecified atom stereocenters. The molecule has 2 rings (SSSR count). The molecule has 1 aromatic rings. The lowest BCUT2D eigenvalue weighted by Gasteiger charge is -2.16. The van der Waals surface area contributed by atoms with Gasteiger partial charge in [-0.25, -0.2) is 4.98 Å². The quantitative estimate of drug-likeness (QED) is 0.727. The van der Waals surface area contributed by atoms with E-state index in [9.17, 15) is 0 Å². The minimum absolute atomic E-state index is 0.539. The van der Waals surface area contributed by atoms with Crippen LogP contribution >= 0.6 is 0 Å². The van der Waals surface area contributed by atoms with Crippen molar-refractivity contribution in [3.63, 3.8) is 0 Å². The van der Waals surface area contributed by atoms with Crippen LogP contribution in [0.2, 0.25) is 0 Å². The molecule has 0 radical (unpaired) electrons. The molecule has 72 valence electrons. The number of hydrogen-bond acceptors (Lipinski definition) is 3. The lowest BCUT2D eigenvalue weighted by molar-refractivity contribution is 0.460. The molecule has 2 N–H and O–H groups in total. The number of aryl methyl sites for hydroxylation is 1. The van der Waals surface area contributed by atoms with Crippen molar-refractivity contribution in [1.29, 1.82) is 0 Å². The Hall–Kier alpha value is -0.900. The zero-order chi connectivity index (χ0) is 9.26. The number of nitrogens with two attached hydrogens (primary N) is 1. The topological polar surface area (TPSA) is 56.7 Å². The minimum atomic E-state index is 0.539. The molecular weight excluding hydrogens is 164 g/mol. The standard InChI is InChI=1S/C9H16N4/c1-13-9(11-6-12-13)8-4-2-3-7(8)5-10/h6-8H,2-5,10H2,1H3. The highest BCUT2D eigenvalue weighted by molar-refractivity contribution is 5.01. The van der Waals surface area contributed by atoms with Crippen molar-refractivity contribution in [2.75, 3.05) is 6.54 Å². The summed E-state index contributed by atoms with van der Waals surface area (Å²) in [5.74, 6) is 2.26. The first kappa shape index (κ1) is 8.69. The van der Waals surface area contributed by atoms with Gasteiger partial charge >= 0.3 is 0 Å². The molecule has 13 heavy (non-hydrogen) atoms. The third-order valence-electron chi connectivity index (χ3n) is 3.04. The fraction of sp³-hybridized carbons (Fsp3) is 0.778. The van der Waals surface area contributed by atoms with Crippen molar-refractivity contribution in [1.82, 2.24) is 14.8 Å². The average Bonchev–Trinajstić information content (AvgIpc) is 2.71. The van der Waals surface area contributed by atoms with Crippen molar-refractivity contribution in [2.24, 2.45) is 18.7 Å². The Kier molecular flexibility index (Phi) is 2.31. The first-order valence-electron chi connectivity index (χ1n) is 4.87. The van der Waals surface area contributed by atoms with Gasteiger partial charge in [-0.05, 0) is 25.3 Å². The van der Waals surface area contributed by atoms with Gasteiger partial charge in [-0.1, -0.05) is 6.42 Å². The number of hydrogen-bond donors (Lipinski definition) is 1. The number of aromatic nitrogens is 3. The molecule has 4 nitrogen and oxygen atoms in total. The first-order valence-corrected chi connectivity index (χ1v) is 4.87. The predicted molar refractivity (Wildman–Crippen MR) is 50.1 cm³/mol. The third kappa shape index (κ3) is 1.46. The summed E-state index contributed by atoms with van der Waals surface area (Å²) >= 11 is 0. The molecule has 1 aromatic heterocycles. The van der Waals surface area contributed by atoms with Crippen molar-refractivity contribution < 1.29 is 0 Å². The Morgan fingerprint density at radius 1 is 1.62 bits per heavy atom. The number of nitrogens with zero attached hydrogens (tertiary/aromatic N) is 3. The molecule has 1 fully saturated rings. The molecule has 1 aliphatic rings. The maximum absolute atomic E-state index is 5.72. The Morgan fingerprint density at radius 2 is 2.46 bits per heavy atom. The van der Waals surface area contributed by atoms with Crippen LogP contribution in [-0.2, 0) is 7.05 Å². The Morgan fingerprint density at radius 3 is 3.08 bits per heavy atom. The van der Waals surface area contributed by atoms with Crippen LogP contribution in [0.4, 0.5) is 0 Å². The van der Waals surface area contributed by atoms with Gasteiger partial charge in [-0.15, -0.1) is 0 Å². The zero-order valence-corrected chi connectivity index (χ0v) is 7.98. The molecule has 0 spiro atoms. The predicted octanol–water partition coefficient (Wildman–Crippen LogP) is 0.658. The zero-order valence-electron chi connectivity index (χ0n) is 7.98. The van der Waals surface area contributed by atoms with E-state index in [1.807, 2.05) is 11.7 Å². The van der Waals surface area contributed by atoms with Crippen LogP contribution in [0.25, 0.3) is 0 Å². The van der Waals surface area contributed by atoms with Crippen LogP contribution in [-0.4, -0.2) is 21.3 Å². The van der Waals surface area contributed by atoms with Crippen LogP contribution < -0.4 is 5.73 Å². The van der Waals surface area contributed by atoms with Crippen LogP contribution in [0.3, 0.4) is 0 Å². The summed E-state index contributed by atoms with van der Waals surface area (Å²) in [6, 6.07) is 0. The van der Waals surface area contributed by atoms with Gasteiger partial charge in [0.2, 0.25) is 0 Å². The molecule has 1 saturated carbocycles. The van der Waals surface area contributed by atoms with E-state index in [1.54, 1.807) is 6.33 Å². The van der Waals surface area contributed by atoms with Crippen molar-refractivity contribution in [2.45, 2.75) is 25.2 Å². The summed E-state index contributed by atoms with van der Waals surface area (Å²) in [5, 5.41) is 4.09. The van der Waals surface area contributed by atoms with Crippen molar-refractivity contribution >= 4 is 0 Å². The van der Waals surface area contributed by atoms with Gasteiger partial charge in [0.15, 0.2) is 0 Å². The smallest absolute Gasteiger partial charge is 0.138 e. The van der Waals surface area contributed by atoms with Gasteiger partial charge < -0.3 is 5.73 Å². The lowest BCUT2D eigenvalue weighted by Crippen LogP contribution is -2.19. The molecule has 0 bridgehead atoms. The van der Waals surface area contributed by atoms with Crippen molar-refractivity contribution in [3.05, 3.63) is 12.2 Å². The number of rotatable bonds is 2. The van der Waals surface area contributed by atoms with E-state index >= 15 is 0 Å². The Balaban J connectivity index is 2.20. The van der Waals surface area contributed by atoms with E-state index in [1.165, 1.54) is 19.3 Å². The molecule has 2 atom stereocenters. The molecule has 4 heteroatoms. The highest BCUT2D eigenvalue weighted by atomic mass is 15.3. The fourth-order valence-electron chi connectivity index (χ4n) is 2.30. The molecule has 1 aliphatic carbocycles. The van der Waals surface area contributed by atoms with Crippen molar-refractivity contribution in [3.8, 4) is 0 Å². The van der Waals surface area contributed by atoms with Gasteiger partial charge in [0.1, 0.15) is 12.2 Å². The summed E-state index contributed by atoms with van der Waals surface area (Å²) < 4.78 is 1.87. The second-order valence-corrected chi connectivity index (χ2v) is 3.78.